The monoisotopic (exact) mass is 329 g/mol. The Hall–Kier alpha value is -1.55. The summed E-state index contributed by atoms with van der Waals surface area (Å²) in [5, 5.41) is 6.28. The first-order valence-electron chi connectivity index (χ1n) is 9.62. The number of rotatable bonds is 5. The zero-order chi connectivity index (χ0) is 16.9. The number of hydrogen-bond donors (Lipinski definition) is 2. The average molecular weight is 329 g/mol. The first kappa shape index (κ1) is 17.3. The van der Waals surface area contributed by atoms with Crippen molar-refractivity contribution in [1.29, 1.82) is 0 Å². The lowest BCUT2D eigenvalue weighted by molar-refractivity contribution is 0.0272. The molecule has 4 nitrogen and oxygen atoms in total. The van der Waals surface area contributed by atoms with E-state index >= 15 is 0 Å². The van der Waals surface area contributed by atoms with Crippen LogP contribution in [0.15, 0.2) is 24.3 Å². The average Bonchev–Trinajstić information content (AvgIpc) is 2.56. The lowest BCUT2D eigenvalue weighted by Gasteiger charge is -2.49. The van der Waals surface area contributed by atoms with Gasteiger partial charge in [-0.2, -0.15) is 0 Å². The highest BCUT2D eigenvalue weighted by Crippen LogP contribution is 2.34. The molecule has 2 bridgehead atoms. The van der Waals surface area contributed by atoms with Crippen LogP contribution in [0.1, 0.15) is 57.9 Å². The van der Waals surface area contributed by atoms with E-state index < -0.39 is 0 Å². The van der Waals surface area contributed by atoms with Crippen molar-refractivity contribution in [3.63, 3.8) is 0 Å². The van der Waals surface area contributed by atoms with Crippen molar-refractivity contribution < 1.29 is 4.79 Å². The first-order valence-corrected chi connectivity index (χ1v) is 9.62. The van der Waals surface area contributed by atoms with Crippen LogP contribution in [0, 0.1) is 0 Å². The minimum absolute atomic E-state index is 0.0529. The molecule has 0 spiro atoms. The molecule has 2 aliphatic rings. The van der Waals surface area contributed by atoms with Gasteiger partial charge in [-0.05, 0) is 56.7 Å². The number of carbonyl (C=O) groups is 1. The Morgan fingerprint density at radius 3 is 2.54 bits per heavy atom. The molecule has 132 valence electrons. The van der Waals surface area contributed by atoms with Gasteiger partial charge in [-0.3, -0.25) is 4.90 Å². The van der Waals surface area contributed by atoms with E-state index in [1.54, 1.807) is 0 Å². The van der Waals surface area contributed by atoms with E-state index in [1.807, 2.05) is 18.2 Å². The van der Waals surface area contributed by atoms with Crippen molar-refractivity contribution in [1.82, 2.24) is 10.2 Å². The number of para-hydroxylation sites is 1. The van der Waals surface area contributed by atoms with Crippen LogP contribution < -0.4 is 10.6 Å². The molecule has 2 aliphatic heterocycles. The number of hydrogen-bond acceptors (Lipinski definition) is 2. The third kappa shape index (κ3) is 3.92. The molecule has 0 aromatic heterocycles. The summed E-state index contributed by atoms with van der Waals surface area (Å²) in [5.41, 5.74) is 2.11. The lowest BCUT2D eigenvalue weighted by atomic mass is 9.81. The molecule has 0 saturated carbocycles. The summed E-state index contributed by atoms with van der Waals surface area (Å²) in [6, 6.07) is 9.62. The van der Waals surface area contributed by atoms with Crippen LogP contribution in [0.25, 0.3) is 0 Å². The van der Waals surface area contributed by atoms with E-state index in [0.717, 1.165) is 24.9 Å². The van der Waals surface area contributed by atoms with Crippen molar-refractivity contribution in [3.05, 3.63) is 29.8 Å². The van der Waals surface area contributed by atoms with E-state index in [9.17, 15) is 4.79 Å². The Balaban J connectivity index is 1.57. The second-order valence-electron chi connectivity index (χ2n) is 7.25. The number of nitrogens with zero attached hydrogens (tertiary/aromatic N) is 1. The van der Waals surface area contributed by atoms with Crippen LogP contribution in [-0.2, 0) is 6.42 Å². The molecule has 0 radical (unpaired) electrons. The number of fused-ring (bicyclic) bond motifs is 2. The summed E-state index contributed by atoms with van der Waals surface area (Å²) in [6.45, 7) is 5.58. The maximum atomic E-state index is 12.4. The molecule has 1 aromatic rings. The summed E-state index contributed by atoms with van der Waals surface area (Å²) in [6.07, 6.45) is 8.26. The van der Waals surface area contributed by atoms with Gasteiger partial charge in [0.15, 0.2) is 0 Å². The van der Waals surface area contributed by atoms with E-state index in [2.05, 4.69) is 35.4 Å². The van der Waals surface area contributed by atoms with Gasteiger partial charge < -0.3 is 10.6 Å². The fourth-order valence-electron chi connectivity index (χ4n) is 4.51. The normalized spacial score (nSPS) is 26.8. The maximum absolute atomic E-state index is 12.4. The molecule has 2 atom stereocenters. The van der Waals surface area contributed by atoms with Gasteiger partial charge in [-0.25, -0.2) is 4.79 Å². The topological polar surface area (TPSA) is 44.4 Å². The third-order valence-corrected chi connectivity index (χ3v) is 5.59. The van der Waals surface area contributed by atoms with Crippen molar-refractivity contribution in [2.75, 3.05) is 11.9 Å². The van der Waals surface area contributed by atoms with Gasteiger partial charge in [0.05, 0.1) is 0 Å². The van der Waals surface area contributed by atoms with Crippen molar-refractivity contribution in [2.24, 2.45) is 0 Å². The highest BCUT2D eigenvalue weighted by atomic mass is 16.2. The van der Waals surface area contributed by atoms with E-state index in [0.29, 0.717) is 18.1 Å². The summed E-state index contributed by atoms with van der Waals surface area (Å²) >= 11 is 0. The Morgan fingerprint density at radius 1 is 1.17 bits per heavy atom. The molecule has 4 heteroatoms. The standard InChI is InChI=1S/C20H31N3O/c1-3-12-23-17-9-7-10-18(23)14-16(13-17)21-20(24)22-19-11-6-5-8-15(19)4-2/h5-6,8,11,16-18H,3-4,7,9-10,12-14H2,1-2H3,(H2,21,22,24). The molecule has 0 aliphatic carbocycles. The first-order chi connectivity index (χ1) is 11.7. The minimum atomic E-state index is -0.0529. The minimum Gasteiger partial charge on any atom is -0.335 e. The molecular weight excluding hydrogens is 298 g/mol. The summed E-state index contributed by atoms with van der Waals surface area (Å²) in [4.78, 5) is 15.1. The van der Waals surface area contributed by atoms with Gasteiger partial charge >= 0.3 is 6.03 Å². The molecule has 1 aromatic carbocycles. The number of carbonyl (C=O) groups excluding carboxylic acids is 1. The van der Waals surface area contributed by atoms with Gasteiger partial charge in [0.25, 0.3) is 0 Å². The number of amides is 2. The summed E-state index contributed by atoms with van der Waals surface area (Å²) in [7, 11) is 0. The van der Waals surface area contributed by atoms with Gasteiger partial charge in [0, 0.05) is 23.8 Å². The number of nitrogens with one attached hydrogen (secondary N) is 2. The number of urea groups is 1. The fourth-order valence-corrected chi connectivity index (χ4v) is 4.51. The van der Waals surface area contributed by atoms with Gasteiger partial charge in [-0.15, -0.1) is 0 Å². The smallest absolute Gasteiger partial charge is 0.319 e. The van der Waals surface area contributed by atoms with Crippen molar-refractivity contribution in [2.45, 2.75) is 76.9 Å². The van der Waals surface area contributed by atoms with E-state index in [4.69, 9.17) is 0 Å². The summed E-state index contributed by atoms with van der Waals surface area (Å²) < 4.78 is 0. The largest absolute Gasteiger partial charge is 0.335 e. The second kappa shape index (κ2) is 8.02. The van der Waals surface area contributed by atoms with Crippen LogP contribution in [-0.4, -0.2) is 35.6 Å². The quantitative estimate of drug-likeness (QED) is 0.851. The molecule has 2 N–H and O–H groups in total. The highest BCUT2D eigenvalue weighted by molar-refractivity contribution is 5.90. The predicted molar refractivity (Wildman–Crippen MR) is 99.4 cm³/mol. The van der Waals surface area contributed by atoms with Crippen LogP contribution in [0.3, 0.4) is 0 Å². The molecule has 3 rings (SSSR count). The number of anilines is 1. The van der Waals surface area contributed by atoms with Crippen LogP contribution in [0.5, 0.6) is 0 Å². The number of aryl methyl sites for hydroxylation is 1. The van der Waals surface area contributed by atoms with Crippen LogP contribution >= 0.6 is 0 Å². The van der Waals surface area contributed by atoms with Crippen LogP contribution in [0.4, 0.5) is 10.5 Å². The SMILES string of the molecule is CCCN1C2CCCC1CC(NC(=O)Nc1ccccc1CC)C2. The number of piperidine rings is 2. The van der Waals surface area contributed by atoms with Crippen molar-refractivity contribution >= 4 is 11.7 Å². The molecular formula is C20H31N3O. The Kier molecular flexibility index (Phi) is 5.77. The zero-order valence-electron chi connectivity index (χ0n) is 15.1. The van der Waals surface area contributed by atoms with Crippen LogP contribution in [0.2, 0.25) is 0 Å². The molecule has 2 heterocycles. The van der Waals surface area contributed by atoms with Gasteiger partial charge in [0.1, 0.15) is 0 Å². The molecule has 2 amide bonds. The Labute approximate surface area is 146 Å². The third-order valence-electron chi connectivity index (χ3n) is 5.59. The lowest BCUT2D eigenvalue weighted by Crippen LogP contribution is -2.57. The van der Waals surface area contributed by atoms with Gasteiger partial charge in [0.2, 0.25) is 0 Å². The zero-order valence-corrected chi connectivity index (χ0v) is 15.1. The molecule has 2 fully saturated rings. The predicted octanol–water partition coefficient (Wildman–Crippen LogP) is 4.17. The Bertz CT molecular complexity index is 546. The van der Waals surface area contributed by atoms with E-state index in [-0.39, 0.29) is 6.03 Å². The fraction of sp³-hybridized carbons (Fsp3) is 0.650. The van der Waals surface area contributed by atoms with E-state index in [1.165, 1.54) is 37.8 Å². The maximum Gasteiger partial charge on any atom is 0.319 e. The Morgan fingerprint density at radius 2 is 1.88 bits per heavy atom. The van der Waals surface area contributed by atoms with Crippen molar-refractivity contribution in [3.8, 4) is 0 Å². The second-order valence-corrected chi connectivity index (χ2v) is 7.25. The molecule has 2 unspecified atom stereocenters. The molecule has 2 saturated heterocycles. The van der Waals surface area contributed by atoms with Gasteiger partial charge in [-0.1, -0.05) is 38.5 Å². The molecule has 24 heavy (non-hydrogen) atoms. The summed E-state index contributed by atoms with van der Waals surface area (Å²) in [5.74, 6) is 0. The number of benzene rings is 1. The highest BCUT2D eigenvalue weighted by Gasteiger charge is 2.38.